The fourth-order valence-corrected chi connectivity index (χ4v) is 6.30. The summed E-state index contributed by atoms with van der Waals surface area (Å²) in [5, 5.41) is 16.9. The molecule has 0 unspecified atom stereocenters. The fourth-order valence-electron chi connectivity index (χ4n) is 5.58. The second-order valence-electron chi connectivity index (χ2n) is 11.2. The summed E-state index contributed by atoms with van der Waals surface area (Å²) in [7, 11) is 0. The number of carbonyl (C=O) groups excluding carboxylic acids is 2. The molecule has 214 valence electrons. The van der Waals surface area contributed by atoms with E-state index < -0.39 is 41.0 Å². The van der Waals surface area contributed by atoms with Crippen LogP contribution >= 0.6 is 35.0 Å². The van der Waals surface area contributed by atoms with E-state index in [-0.39, 0.29) is 31.7 Å². The molecule has 0 bridgehead atoms. The molecule has 3 aromatic carbocycles. The zero-order chi connectivity index (χ0) is 30.1. The van der Waals surface area contributed by atoms with Crippen molar-refractivity contribution in [2.75, 3.05) is 11.6 Å². The Morgan fingerprint density at radius 1 is 1.10 bits per heavy atom. The molecule has 0 radical (unpaired) electrons. The van der Waals surface area contributed by atoms with Gasteiger partial charge in [0, 0.05) is 33.8 Å². The summed E-state index contributed by atoms with van der Waals surface area (Å²) in [6.45, 7) is 5.90. The second-order valence-corrected chi connectivity index (χ2v) is 12.9. The molecule has 1 fully saturated rings. The standard InChI is InChI=1S/C31H29Cl2F2N3O2S/c1-30(2,3)15-24-31(16-36,21-13-10-18(32)14-23(21)34)25(20-6-5-7-22(33)26(20)35)27(38-24)28(39)37-19-11-8-17(9-12-19)29(40)41-4/h5-14,24-25,27,38H,15H2,1-4H3,(H,37,39)/t24-,25-,27+,31-/m0/s1. The Balaban J connectivity index is 1.90. The van der Waals surface area contributed by atoms with Crippen molar-refractivity contribution >= 4 is 51.7 Å². The maximum atomic E-state index is 15.7. The third-order valence-electron chi connectivity index (χ3n) is 7.31. The molecule has 1 saturated heterocycles. The second kappa shape index (κ2) is 12.1. The molecule has 41 heavy (non-hydrogen) atoms. The maximum Gasteiger partial charge on any atom is 0.242 e. The minimum absolute atomic E-state index is 0.00533. The lowest BCUT2D eigenvalue weighted by Crippen LogP contribution is -2.45. The first-order chi connectivity index (χ1) is 19.3. The highest BCUT2D eigenvalue weighted by Crippen LogP contribution is 2.52. The van der Waals surface area contributed by atoms with Crippen molar-refractivity contribution in [2.45, 2.75) is 50.6 Å². The van der Waals surface area contributed by atoms with E-state index in [2.05, 4.69) is 16.7 Å². The first kappa shape index (κ1) is 31.0. The maximum absolute atomic E-state index is 15.7. The molecule has 0 saturated carbocycles. The van der Waals surface area contributed by atoms with Gasteiger partial charge in [0.1, 0.15) is 17.0 Å². The average Bonchev–Trinajstić information content (AvgIpc) is 3.23. The van der Waals surface area contributed by atoms with Gasteiger partial charge in [0.2, 0.25) is 11.0 Å². The first-order valence-corrected chi connectivity index (χ1v) is 14.9. The number of rotatable bonds is 6. The van der Waals surface area contributed by atoms with Gasteiger partial charge in [0.25, 0.3) is 0 Å². The van der Waals surface area contributed by atoms with Crippen LogP contribution in [0.3, 0.4) is 0 Å². The summed E-state index contributed by atoms with van der Waals surface area (Å²) >= 11 is 13.3. The van der Waals surface area contributed by atoms with Gasteiger partial charge in [0.15, 0.2) is 0 Å². The lowest BCUT2D eigenvalue weighted by molar-refractivity contribution is -0.118. The summed E-state index contributed by atoms with van der Waals surface area (Å²) in [6, 6.07) is 15.2. The third-order valence-corrected chi connectivity index (χ3v) is 8.44. The van der Waals surface area contributed by atoms with Crippen LogP contribution in [0.4, 0.5) is 14.5 Å². The predicted octanol–water partition coefficient (Wildman–Crippen LogP) is 7.74. The van der Waals surface area contributed by atoms with Gasteiger partial charge in [-0.2, -0.15) is 5.26 Å². The van der Waals surface area contributed by atoms with Crippen LogP contribution in [0.2, 0.25) is 10.0 Å². The van der Waals surface area contributed by atoms with Gasteiger partial charge < -0.3 is 10.6 Å². The average molecular weight is 617 g/mol. The number of nitriles is 1. The molecule has 1 aliphatic rings. The van der Waals surface area contributed by atoms with Crippen molar-refractivity contribution in [1.29, 1.82) is 5.26 Å². The first-order valence-electron chi connectivity index (χ1n) is 12.9. The largest absolute Gasteiger partial charge is 0.325 e. The van der Waals surface area contributed by atoms with Crippen molar-refractivity contribution in [3.8, 4) is 6.07 Å². The number of hydrogen-bond donors (Lipinski definition) is 2. The topological polar surface area (TPSA) is 82.0 Å². The van der Waals surface area contributed by atoms with E-state index in [1.54, 1.807) is 30.5 Å². The molecule has 4 rings (SSSR count). The molecule has 0 aromatic heterocycles. The van der Waals surface area contributed by atoms with E-state index in [4.69, 9.17) is 23.2 Å². The van der Waals surface area contributed by atoms with E-state index in [1.165, 1.54) is 30.3 Å². The monoisotopic (exact) mass is 615 g/mol. The van der Waals surface area contributed by atoms with E-state index in [0.29, 0.717) is 17.7 Å². The molecule has 10 heteroatoms. The van der Waals surface area contributed by atoms with E-state index >= 15 is 8.78 Å². The van der Waals surface area contributed by atoms with Crippen LogP contribution in [0.5, 0.6) is 0 Å². The molecule has 1 heterocycles. The van der Waals surface area contributed by atoms with Gasteiger partial charge in [-0.05, 0) is 66.1 Å². The van der Waals surface area contributed by atoms with Gasteiger partial charge in [0.05, 0.1) is 17.1 Å². The molecule has 4 atom stereocenters. The number of amides is 1. The number of benzene rings is 3. The molecule has 1 amide bonds. The minimum Gasteiger partial charge on any atom is -0.325 e. The van der Waals surface area contributed by atoms with Crippen LogP contribution in [-0.4, -0.2) is 29.4 Å². The molecule has 2 N–H and O–H groups in total. The number of nitrogens with one attached hydrogen (secondary N) is 2. The van der Waals surface area contributed by atoms with Crippen LogP contribution in [0.25, 0.3) is 0 Å². The Hall–Kier alpha value is -2.96. The Kier molecular flexibility index (Phi) is 9.15. The molecular formula is C31H29Cl2F2N3O2S. The highest BCUT2D eigenvalue weighted by atomic mass is 35.5. The van der Waals surface area contributed by atoms with Crippen molar-refractivity contribution in [3.63, 3.8) is 0 Å². The molecule has 5 nitrogen and oxygen atoms in total. The summed E-state index contributed by atoms with van der Waals surface area (Å²) in [6.07, 6.45) is 2.04. The van der Waals surface area contributed by atoms with Crippen molar-refractivity contribution in [1.82, 2.24) is 5.32 Å². The Morgan fingerprint density at radius 2 is 1.78 bits per heavy atom. The number of anilines is 1. The zero-order valence-electron chi connectivity index (χ0n) is 22.9. The van der Waals surface area contributed by atoms with Gasteiger partial charge in [-0.25, -0.2) is 8.78 Å². The Labute approximate surface area is 252 Å². The Morgan fingerprint density at radius 3 is 2.37 bits per heavy atom. The zero-order valence-corrected chi connectivity index (χ0v) is 25.2. The van der Waals surface area contributed by atoms with Crippen molar-refractivity contribution in [2.24, 2.45) is 5.41 Å². The van der Waals surface area contributed by atoms with Crippen LogP contribution in [0, 0.1) is 28.4 Å². The highest BCUT2D eigenvalue weighted by Gasteiger charge is 2.61. The molecule has 0 spiro atoms. The Bertz CT molecular complexity index is 1520. The SMILES string of the molecule is CSC(=O)c1ccc(NC(=O)[C@@H]2N[C@@H](CC(C)(C)C)[C@](C#N)(c3ccc(Cl)cc3F)[C@H]2c2cccc(Cl)c2F)cc1. The normalized spacial score (nSPS) is 22.3. The lowest BCUT2D eigenvalue weighted by Gasteiger charge is -2.37. The van der Waals surface area contributed by atoms with Crippen LogP contribution in [0.1, 0.15) is 54.6 Å². The molecule has 3 aromatic rings. The lowest BCUT2D eigenvalue weighted by atomic mass is 9.62. The number of thioether (sulfide) groups is 1. The van der Waals surface area contributed by atoms with Crippen molar-refractivity contribution in [3.05, 3.63) is 99.0 Å². The smallest absolute Gasteiger partial charge is 0.242 e. The van der Waals surface area contributed by atoms with Crippen LogP contribution in [-0.2, 0) is 10.2 Å². The van der Waals surface area contributed by atoms with Gasteiger partial charge in [-0.15, -0.1) is 0 Å². The van der Waals surface area contributed by atoms with Crippen LogP contribution in [0.15, 0.2) is 60.7 Å². The van der Waals surface area contributed by atoms with E-state index in [1.807, 2.05) is 20.8 Å². The third kappa shape index (κ3) is 6.14. The summed E-state index contributed by atoms with van der Waals surface area (Å²) in [5.41, 5.74) is -1.18. The highest BCUT2D eigenvalue weighted by molar-refractivity contribution is 8.13. The van der Waals surface area contributed by atoms with Gasteiger partial charge in [-0.3, -0.25) is 9.59 Å². The van der Waals surface area contributed by atoms with Crippen molar-refractivity contribution < 1.29 is 18.4 Å². The minimum atomic E-state index is -1.72. The van der Waals surface area contributed by atoms with Gasteiger partial charge >= 0.3 is 0 Å². The number of halogens is 4. The number of hydrogen-bond acceptors (Lipinski definition) is 5. The summed E-state index contributed by atoms with van der Waals surface area (Å²) < 4.78 is 31.4. The molecular weight excluding hydrogens is 587 g/mol. The fraction of sp³-hybridized carbons (Fsp3) is 0.323. The number of carbonyl (C=O) groups is 2. The summed E-state index contributed by atoms with van der Waals surface area (Å²) in [5.74, 6) is -3.25. The molecule has 1 aliphatic heterocycles. The van der Waals surface area contributed by atoms with Gasteiger partial charge in [-0.1, -0.05) is 73.9 Å². The van der Waals surface area contributed by atoms with E-state index in [9.17, 15) is 14.9 Å². The predicted molar refractivity (Wildman–Crippen MR) is 161 cm³/mol. The summed E-state index contributed by atoms with van der Waals surface area (Å²) in [4.78, 5) is 25.9. The quantitative estimate of drug-likeness (QED) is 0.296. The van der Waals surface area contributed by atoms with Crippen LogP contribution < -0.4 is 10.6 Å². The molecule has 0 aliphatic carbocycles. The number of nitrogens with zero attached hydrogens (tertiary/aromatic N) is 1. The van der Waals surface area contributed by atoms with E-state index in [0.717, 1.165) is 17.8 Å².